The van der Waals surface area contributed by atoms with E-state index >= 15 is 4.39 Å². The molecule has 0 saturated heterocycles. The molecule has 1 aliphatic heterocycles. The topological polar surface area (TPSA) is 130 Å². The van der Waals surface area contributed by atoms with Gasteiger partial charge in [0.1, 0.15) is 5.60 Å². The summed E-state index contributed by atoms with van der Waals surface area (Å²) in [6.45, 7) is 8.79. The van der Waals surface area contributed by atoms with Crippen molar-refractivity contribution in [1.29, 1.82) is 5.53 Å². The van der Waals surface area contributed by atoms with Crippen LogP contribution in [0.15, 0.2) is 47.6 Å². The predicted octanol–water partition coefficient (Wildman–Crippen LogP) is 6.67. The molecule has 212 valence electrons. The highest BCUT2D eigenvalue weighted by molar-refractivity contribution is 6.31. The maximum atomic E-state index is 15.3. The monoisotopic (exact) mass is 589 g/mol. The Morgan fingerprint density at radius 1 is 1.23 bits per heavy atom. The molecule has 0 spiro atoms. The Labute approximate surface area is 241 Å². The number of nitrogens with zero attached hydrogens (tertiary/aromatic N) is 5. The molecular weight excluding hydrogens is 560 g/mol. The average Bonchev–Trinajstić information content (AvgIpc) is 3.37. The van der Waals surface area contributed by atoms with Gasteiger partial charge in [-0.3, -0.25) is 14.4 Å². The number of carbonyl (C=O) groups excluding carboxylic acids is 2. The van der Waals surface area contributed by atoms with Gasteiger partial charge in [0, 0.05) is 16.3 Å². The van der Waals surface area contributed by atoms with Crippen LogP contribution in [0.4, 0.5) is 14.9 Å². The maximum absolute atomic E-state index is 15.3. The average molecular weight is 590 g/mol. The second-order valence-corrected chi connectivity index (χ2v) is 11.5. The van der Waals surface area contributed by atoms with Crippen molar-refractivity contribution in [2.75, 3.05) is 4.90 Å². The fourth-order valence-electron chi connectivity index (χ4n) is 4.69. The van der Waals surface area contributed by atoms with Gasteiger partial charge < -0.3 is 4.74 Å². The van der Waals surface area contributed by atoms with Crippen LogP contribution in [0, 0.1) is 11.3 Å². The third kappa shape index (κ3) is 5.54. The van der Waals surface area contributed by atoms with Gasteiger partial charge in [-0.1, -0.05) is 55.2 Å². The first-order chi connectivity index (χ1) is 18.7. The number of hydrogen-bond acceptors (Lipinski definition) is 7. The molecule has 1 aromatic heterocycles. The normalized spacial score (nSPS) is 15.8. The molecular formula is C27H30Cl2FN7O3. The second kappa shape index (κ2) is 11.1. The molecule has 3 N–H and O–H groups in total. The summed E-state index contributed by atoms with van der Waals surface area (Å²) in [5.41, 5.74) is 8.87. The van der Waals surface area contributed by atoms with Crippen LogP contribution < -0.4 is 10.7 Å². The van der Waals surface area contributed by atoms with E-state index in [1.165, 1.54) is 21.7 Å². The summed E-state index contributed by atoms with van der Waals surface area (Å²) in [4.78, 5) is 27.8. The van der Waals surface area contributed by atoms with Crippen molar-refractivity contribution in [3.05, 3.63) is 80.8 Å². The lowest BCUT2D eigenvalue weighted by Gasteiger charge is -2.29. The minimum Gasteiger partial charge on any atom is -0.443 e. The number of carbonyl (C=O) groups is 2. The molecule has 2 aromatic carbocycles. The van der Waals surface area contributed by atoms with Crippen molar-refractivity contribution in [3.8, 4) is 0 Å². The van der Waals surface area contributed by atoms with Crippen LogP contribution >= 0.6 is 23.2 Å². The summed E-state index contributed by atoms with van der Waals surface area (Å²) in [5, 5.41) is 9.21. The zero-order valence-electron chi connectivity index (χ0n) is 22.7. The number of anilines is 1. The van der Waals surface area contributed by atoms with Crippen LogP contribution in [0.25, 0.3) is 0 Å². The van der Waals surface area contributed by atoms with Gasteiger partial charge in [0.05, 0.1) is 23.3 Å². The third-order valence-corrected chi connectivity index (χ3v) is 6.86. The Morgan fingerprint density at radius 2 is 1.88 bits per heavy atom. The van der Waals surface area contributed by atoms with Gasteiger partial charge in [-0.15, -0.1) is 0 Å². The van der Waals surface area contributed by atoms with E-state index in [-0.39, 0.29) is 28.9 Å². The molecule has 2 amide bonds. The lowest BCUT2D eigenvalue weighted by atomic mass is 9.94. The molecule has 1 aliphatic rings. The first-order valence-electron chi connectivity index (χ1n) is 12.5. The van der Waals surface area contributed by atoms with Crippen LogP contribution in [-0.4, -0.2) is 38.6 Å². The summed E-state index contributed by atoms with van der Waals surface area (Å²) in [6, 6.07) is 10.6. The van der Waals surface area contributed by atoms with Crippen molar-refractivity contribution in [3.63, 3.8) is 0 Å². The first-order valence-corrected chi connectivity index (χ1v) is 13.3. The van der Waals surface area contributed by atoms with Crippen molar-refractivity contribution in [1.82, 2.24) is 14.8 Å². The molecule has 10 nitrogen and oxygen atoms in total. The Hall–Kier alpha value is -3.54. The summed E-state index contributed by atoms with van der Waals surface area (Å²) in [6.07, 6.45) is -2.03. The van der Waals surface area contributed by atoms with E-state index in [9.17, 15) is 9.59 Å². The van der Waals surface area contributed by atoms with Gasteiger partial charge in [-0.2, -0.15) is 10.2 Å². The number of aromatic nitrogens is 2. The smallest absolute Gasteiger partial charge is 0.426 e. The Kier molecular flexibility index (Phi) is 8.21. The molecule has 2 unspecified atom stereocenters. The van der Waals surface area contributed by atoms with Gasteiger partial charge in [0.15, 0.2) is 17.7 Å². The number of benzene rings is 2. The zero-order chi connectivity index (χ0) is 29.5. The highest BCUT2D eigenvalue weighted by atomic mass is 35.5. The highest BCUT2D eigenvalue weighted by Crippen LogP contribution is 2.46. The van der Waals surface area contributed by atoms with E-state index in [1.54, 1.807) is 51.1 Å². The number of rotatable bonds is 7. The number of halogens is 3. The van der Waals surface area contributed by atoms with Gasteiger partial charge in [0.25, 0.3) is 5.91 Å². The molecule has 2 heterocycles. The van der Waals surface area contributed by atoms with Crippen LogP contribution in [0.1, 0.15) is 73.9 Å². The summed E-state index contributed by atoms with van der Waals surface area (Å²) in [7, 11) is 0. The van der Waals surface area contributed by atoms with Gasteiger partial charge >= 0.3 is 6.09 Å². The van der Waals surface area contributed by atoms with E-state index in [2.05, 4.69) is 10.2 Å². The van der Waals surface area contributed by atoms with E-state index in [0.717, 1.165) is 5.01 Å². The van der Waals surface area contributed by atoms with E-state index < -0.39 is 35.6 Å². The highest BCUT2D eigenvalue weighted by Gasteiger charge is 2.46. The number of hydrazine groups is 1. The van der Waals surface area contributed by atoms with Crippen LogP contribution in [-0.2, 0) is 11.3 Å². The fourth-order valence-corrected chi connectivity index (χ4v) is 4.99. The van der Waals surface area contributed by atoms with E-state index in [1.807, 2.05) is 13.8 Å². The quantitative estimate of drug-likeness (QED) is 0.137. The number of fused-ring (bicyclic) bond motifs is 1. The fraction of sp³-hybridized carbons (Fsp3) is 0.370. The van der Waals surface area contributed by atoms with Crippen LogP contribution in [0.5, 0.6) is 0 Å². The molecule has 0 aliphatic carbocycles. The summed E-state index contributed by atoms with van der Waals surface area (Å²) < 4.78 is 22.1. The van der Waals surface area contributed by atoms with E-state index in [0.29, 0.717) is 21.8 Å². The summed E-state index contributed by atoms with van der Waals surface area (Å²) in [5.74, 6) is 4.55. The largest absolute Gasteiger partial charge is 0.443 e. The van der Waals surface area contributed by atoms with Gasteiger partial charge in [-0.25, -0.2) is 25.6 Å². The molecule has 13 heteroatoms. The molecule has 40 heavy (non-hydrogen) atoms. The Morgan fingerprint density at radius 3 is 2.45 bits per heavy atom. The molecule has 0 fully saturated rings. The number of hydrogen-bond donors (Lipinski definition) is 2. The molecule has 3 aromatic rings. The third-order valence-electron chi connectivity index (χ3n) is 6.32. The molecule has 0 saturated carbocycles. The number of nitrogens with two attached hydrogens (primary N) is 1. The maximum Gasteiger partial charge on any atom is 0.426 e. The molecule has 2 atom stereocenters. The number of nitrogens with one attached hydrogen (secondary N) is 1. The number of ether oxygens (including phenoxy) is 1. The van der Waals surface area contributed by atoms with Crippen molar-refractivity contribution < 1.29 is 18.7 Å². The predicted molar refractivity (Wildman–Crippen MR) is 149 cm³/mol. The van der Waals surface area contributed by atoms with Crippen LogP contribution in [0.3, 0.4) is 0 Å². The Balaban J connectivity index is 1.84. The lowest BCUT2D eigenvalue weighted by molar-refractivity contribution is 0.0133. The minimum atomic E-state index is -1.17. The van der Waals surface area contributed by atoms with Crippen molar-refractivity contribution in [2.24, 2.45) is 11.0 Å². The van der Waals surface area contributed by atoms with Gasteiger partial charge in [-0.05, 0) is 56.5 Å². The number of amides is 2. The molecule has 4 rings (SSSR count). The van der Waals surface area contributed by atoms with E-state index in [4.69, 9.17) is 39.3 Å². The summed E-state index contributed by atoms with van der Waals surface area (Å²) >= 11 is 12.2. The van der Waals surface area contributed by atoms with Crippen molar-refractivity contribution >= 4 is 40.9 Å². The zero-order valence-corrected chi connectivity index (χ0v) is 24.2. The molecule has 0 radical (unpaired) electrons. The minimum absolute atomic E-state index is 0.00815. The lowest BCUT2D eigenvalue weighted by Crippen LogP contribution is -2.49. The SMILES string of the molecule is CC(C)c1c2c(nn1CC(N=N)N(N)C(=O)OC(C)(C)C)C(=O)N(c1cccc(Cl)c1F)C2c1ccc(Cl)cc1. The Bertz CT molecular complexity index is 1450. The first kappa shape index (κ1) is 29.4. The molecule has 0 bridgehead atoms. The standard InChI is InChI=1S/C27H30Cl2FN7O3/c1-14(2)23-20-22(34-35(23)13-19(33-31)37(32)26(39)40-27(3,4)5)25(38)36(18-8-6-7-17(29)21(18)30)24(20)15-9-11-16(28)12-10-15/h6-12,14,19,24,31H,13,32H2,1-5H3. The van der Waals surface area contributed by atoms with Crippen molar-refractivity contribution in [2.45, 2.75) is 64.9 Å². The second-order valence-electron chi connectivity index (χ2n) is 10.7. The van der Waals surface area contributed by atoms with Gasteiger partial charge in [0.2, 0.25) is 0 Å². The van der Waals surface area contributed by atoms with Crippen LogP contribution in [0.2, 0.25) is 10.0 Å².